The molecular formula is C11H11NO. The van der Waals surface area contributed by atoms with Crippen LogP contribution in [-0.2, 0) is 7.05 Å². The number of fused-ring (bicyclic) bond motifs is 1. The first-order valence-electron chi connectivity index (χ1n) is 4.25. The monoisotopic (exact) mass is 173 g/mol. The Hall–Kier alpha value is -1.57. The maximum Gasteiger partial charge on any atom is 0.258 e. The van der Waals surface area contributed by atoms with Gasteiger partial charge in [0.1, 0.15) is 0 Å². The van der Waals surface area contributed by atoms with E-state index in [1.54, 1.807) is 17.8 Å². The summed E-state index contributed by atoms with van der Waals surface area (Å²) in [5.74, 6) is 0. The van der Waals surface area contributed by atoms with E-state index in [2.05, 4.69) is 0 Å². The Labute approximate surface area is 76.4 Å². The van der Waals surface area contributed by atoms with Crippen LogP contribution in [-0.4, -0.2) is 4.57 Å². The van der Waals surface area contributed by atoms with Gasteiger partial charge < -0.3 is 4.57 Å². The van der Waals surface area contributed by atoms with E-state index in [-0.39, 0.29) is 5.56 Å². The lowest BCUT2D eigenvalue weighted by molar-refractivity contribution is 0.872. The number of hydrogen-bond donors (Lipinski definition) is 0. The Morgan fingerprint density at radius 3 is 2.77 bits per heavy atom. The minimum absolute atomic E-state index is 0.0793. The summed E-state index contributed by atoms with van der Waals surface area (Å²) >= 11 is 0. The molecule has 0 saturated carbocycles. The second-order valence-electron chi connectivity index (χ2n) is 3.27. The van der Waals surface area contributed by atoms with E-state index < -0.39 is 0 Å². The molecule has 0 radical (unpaired) electrons. The van der Waals surface area contributed by atoms with Crippen molar-refractivity contribution in [3.8, 4) is 0 Å². The lowest BCUT2D eigenvalue weighted by atomic mass is 10.1. The van der Waals surface area contributed by atoms with E-state index in [1.165, 1.54) is 0 Å². The van der Waals surface area contributed by atoms with Gasteiger partial charge in [0, 0.05) is 13.2 Å². The molecule has 0 atom stereocenters. The van der Waals surface area contributed by atoms with Crippen molar-refractivity contribution in [2.75, 3.05) is 0 Å². The molecule has 2 nitrogen and oxygen atoms in total. The molecule has 0 N–H and O–H groups in total. The third-order valence-electron chi connectivity index (χ3n) is 2.32. The van der Waals surface area contributed by atoms with Gasteiger partial charge in [-0.25, -0.2) is 0 Å². The van der Waals surface area contributed by atoms with E-state index >= 15 is 0 Å². The zero-order chi connectivity index (χ0) is 9.42. The van der Waals surface area contributed by atoms with Crippen LogP contribution in [0.1, 0.15) is 5.56 Å². The van der Waals surface area contributed by atoms with Crippen molar-refractivity contribution in [2.24, 2.45) is 7.05 Å². The van der Waals surface area contributed by atoms with Gasteiger partial charge in [0.2, 0.25) is 0 Å². The van der Waals surface area contributed by atoms with E-state index in [9.17, 15) is 4.79 Å². The van der Waals surface area contributed by atoms with Crippen LogP contribution >= 0.6 is 0 Å². The Bertz CT molecular complexity index is 511. The molecule has 0 amide bonds. The van der Waals surface area contributed by atoms with Crippen LogP contribution in [0.5, 0.6) is 0 Å². The van der Waals surface area contributed by atoms with Gasteiger partial charge in [-0.05, 0) is 23.9 Å². The SMILES string of the molecule is Cc1cccc2ccn(C)c(=O)c12. The van der Waals surface area contributed by atoms with E-state index in [4.69, 9.17) is 0 Å². The number of aromatic nitrogens is 1. The summed E-state index contributed by atoms with van der Waals surface area (Å²) in [5, 5.41) is 1.84. The van der Waals surface area contributed by atoms with Gasteiger partial charge in [-0.3, -0.25) is 4.79 Å². The molecule has 0 aliphatic rings. The smallest absolute Gasteiger partial charge is 0.258 e. The van der Waals surface area contributed by atoms with Crippen LogP contribution in [0.2, 0.25) is 0 Å². The van der Waals surface area contributed by atoms with Crippen LogP contribution in [0, 0.1) is 6.92 Å². The third kappa shape index (κ3) is 1.15. The fourth-order valence-electron chi connectivity index (χ4n) is 1.56. The molecule has 0 unspecified atom stereocenters. The number of rotatable bonds is 0. The highest BCUT2D eigenvalue weighted by Crippen LogP contribution is 2.12. The average molecular weight is 173 g/mol. The van der Waals surface area contributed by atoms with Gasteiger partial charge in [0.25, 0.3) is 5.56 Å². The largest absolute Gasteiger partial charge is 0.318 e. The standard InChI is InChI=1S/C11H11NO/c1-8-4-3-5-9-6-7-12(2)11(13)10(8)9/h3-7H,1-2H3. The lowest BCUT2D eigenvalue weighted by Gasteiger charge is -2.02. The van der Waals surface area contributed by atoms with Crippen LogP contribution < -0.4 is 5.56 Å². The van der Waals surface area contributed by atoms with Crippen molar-refractivity contribution in [3.63, 3.8) is 0 Å². The number of hydrogen-bond acceptors (Lipinski definition) is 1. The molecule has 66 valence electrons. The first-order chi connectivity index (χ1) is 6.20. The molecule has 0 fully saturated rings. The predicted molar refractivity (Wildman–Crippen MR) is 53.9 cm³/mol. The van der Waals surface area contributed by atoms with Crippen LogP contribution in [0.3, 0.4) is 0 Å². The molecule has 1 aromatic carbocycles. The van der Waals surface area contributed by atoms with Gasteiger partial charge in [0.15, 0.2) is 0 Å². The van der Waals surface area contributed by atoms with Gasteiger partial charge in [-0.15, -0.1) is 0 Å². The van der Waals surface area contributed by atoms with Crippen LogP contribution in [0.25, 0.3) is 10.8 Å². The Morgan fingerprint density at radius 2 is 2.00 bits per heavy atom. The Kier molecular flexibility index (Phi) is 1.69. The van der Waals surface area contributed by atoms with Gasteiger partial charge >= 0.3 is 0 Å². The molecule has 0 aliphatic carbocycles. The zero-order valence-electron chi connectivity index (χ0n) is 7.74. The second-order valence-corrected chi connectivity index (χ2v) is 3.27. The van der Waals surface area contributed by atoms with Gasteiger partial charge in [-0.1, -0.05) is 18.2 Å². The predicted octanol–water partition coefficient (Wildman–Crippen LogP) is 1.85. The van der Waals surface area contributed by atoms with Crippen molar-refractivity contribution in [1.29, 1.82) is 0 Å². The molecule has 2 aromatic rings. The maximum absolute atomic E-state index is 11.7. The molecule has 13 heavy (non-hydrogen) atoms. The minimum Gasteiger partial charge on any atom is -0.318 e. The Morgan fingerprint density at radius 1 is 1.23 bits per heavy atom. The topological polar surface area (TPSA) is 22.0 Å². The highest BCUT2D eigenvalue weighted by Gasteiger charge is 2.01. The molecule has 1 aromatic heterocycles. The number of pyridine rings is 1. The van der Waals surface area contributed by atoms with Gasteiger partial charge in [0.05, 0.1) is 5.39 Å². The molecule has 0 aliphatic heterocycles. The number of aryl methyl sites for hydroxylation is 2. The van der Waals surface area contributed by atoms with E-state index in [0.29, 0.717) is 0 Å². The lowest BCUT2D eigenvalue weighted by Crippen LogP contribution is -2.16. The summed E-state index contributed by atoms with van der Waals surface area (Å²) in [4.78, 5) is 11.7. The van der Waals surface area contributed by atoms with Crippen molar-refractivity contribution >= 4 is 10.8 Å². The molecular weight excluding hydrogens is 162 g/mol. The van der Waals surface area contributed by atoms with Crippen molar-refractivity contribution in [3.05, 3.63) is 46.4 Å². The normalized spacial score (nSPS) is 10.6. The zero-order valence-corrected chi connectivity index (χ0v) is 7.74. The summed E-state index contributed by atoms with van der Waals surface area (Å²) in [7, 11) is 1.77. The molecule has 2 rings (SSSR count). The first kappa shape index (κ1) is 8.05. The number of nitrogens with zero attached hydrogens (tertiary/aromatic N) is 1. The Balaban J connectivity index is 3.06. The summed E-state index contributed by atoms with van der Waals surface area (Å²) in [6.45, 7) is 1.96. The molecule has 0 saturated heterocycles. The fraction of sp³-hybridized carbons (Fsp3) is 0.182. The second kappa shape index (κ2) is 2.73. The van der Waals surface area contributed by atoms with E-state index in [1.807, 2.05) is 31.2 Å². The average Bonchev–Trinajstić information content (AvgIpc) is 2.12. The quantitative estimate of drug-likeness (QED) is 0.596. The van der Waals surface area contributed by atoms with Crippen molar-refractivity contribution < 1.29 is 0 Å². The summed E-state index contributed by atoms with van der Waals surface area (Å²) in [6, 6.07) is 7.86. The minimum atomic E-state index is 0.0793. The first-order valence-corrected chi connectivity index (χ1v) is 4.25. The summed E-state index contributed by atoms with van der Waals surface area (Å²) in [6.07, 6.45) is 1.80. The highest BCUT2D eigenvalue weighted by atomic mass is 16.1. The molecule has 0 spiro atoms. The molecule has 1 heterocycles. The van der Waals surface area contributed by atoms with Gasteiger partial charge in [-0.2, -0.15) is 0 Å². The summed E-state index contributed by atoms with van der Waals surface area (Å²) < 4.78 is 1.61. The van der Waals surface area contributed by atoms with Crippen LogP contribution in [0.15, 0.2) is 35.3 Å². The molecule has 2 heteroatoms. The van der Waals surface area contributed by atoms with Crippen LogP contribution in [0.4, 0.5) is 0 Å². The highest BCUT2D eigenvalue weighted by molar-refractivity contribution is 5.84. The van der Waals surface area contributed by atoms with Crippen molar-refractivity contribution in [1.82, 2.24) is 4.57 Å². The maximum atomic E-state index is 11.7. The van der Waals surface area contributed by atoms with E-state index in [0.717, 1.165) is 16.3 Å². The third-order valence-corrected chi connectivity index (χ3v) is 2.32. The number of benzene rings is 1. The summed E-state index contributed by atoms with van der Waals surface area (Å²) in [5.41, 5.74) is 1.12. The van der Waals surface area contributed by atoms with Crippen molar-refractivity contribution in [2.45, 2.75) is 6.92 Å². The molecule has 0 bridgehead atoms. The fourth-order valence-corrected chi connectivity index (χ4v) is 1.56.